The smallest absolute Gasteiger partial charge is 0.191 e. The summed E-state index contributed by atoms with van der Waals surface area (Å²) in [5.41, 5.74) is 2.27. The second kappa shape index (κ2) is 10.3. The summed E-state index contributed by atoms with van der Waals surface area (Å²) in [4.78, 5) is 14.1. The molecule has 2 heterocycles. The molecule has 0 bridgehead atoms. The van der Waals surface area contributed by atoms with Gasteiger partial charge in [-0.15, -0.1) is 0 Å². The zero-order valence-electron chi connectivity index (χ0n) is 16.7. The number of piperazine rings is 1. The molecule has 0 spiro atoms. The van der Waals surface area contributed by atoms with Crippen molar-refractivity contribution >= 4 is 23.4 Å². The maximum Gasteiger partial charge on any atom is 0.191 e. The van der Waals surface area contributed by atoms with Crippen molar-refractivity contribution in [3.05, 3.63) is 58.7 Å². The summed E-state index contributed by atoms with van der Waals surface area (Å²) in [6.07, 6.45) is 1.87. The molecule has 0 radical (unpaired) electrons. The summed E-state index contributed by atoms with van der Waals surface area (Å²) < 4.78 is 0. The van der Waals surface area contributed by atoms with Crippen LogP contribution in [0.4, 0.5) is 5.82 Å². The minimum atomic E-state index is 0.578. The van der Waals surface area contributed by atoms with Crippen LogP contribution in [0.2, 0.25) is 5.02 Å². The van der Waals surface area contributed by atoms with Crippen LogP contribution in [0.15, 0.2) is 47.6 Å². The van der Waals surface area contributed by atoms with E-state index >= 15 is 0 Å². The molecule has 0 saturated carbocycles. The molecule has 2 N–H and O–H groups in total. The minimum absolute atomic E-state index is 0.578. The first-order chi connectivity index (χ1) is 13.7. The van der Waals surface area contributed by atoms with Crippen molar-refractivity contribution in [2.24, 2.45) is 4.99 Å². The molecule has 1 saturated heterocycles. The summed E-state index contributed by atoms with van der Waals surface area (Å²) >= 11 is 6.07. The third kappa shape index (κ3) is 5.84. The molecule has 28 heavy (non-hydrogen) atoms. The van der Waals surface area contributed by atoms with Crippen molar-refractivity contribution in [1.29, 1.82) is 0 Å². The van der Waals surface area contributed by atoms with Crippen LogP contribution < -0.4 is 15.5 Å². The first-order valence-electron chi connectivity index (χ1n) is 9.79. The Kier molecular flexibility index (Phi) is 7.51. The average molecular weight is 401 g/mol. The average Bonchev–Trinajstić information content (AvgIpc) is 2.71. The monoisotopic (exact) mass is 400 g/mol. The first kappa shape index (κ1) is 20.4. The number of anilines is 1. The minimum Gasteiger partial charge on any atom is -0.357 e. The third-order valence-electron chi connectivity index (χ3n) is 4.77. The number of rotatable bonds is 6. The number of halogens is 1. The molecule has 0 amide bonds. The van der Waals surface area contributed by atoms with E-state index in [1.54, 1.807) is 0 Å². The number of pyridine rings is 1. The Morgan fingerprint density at radius 2 is 1.96 bits per heavy atom. The lowest BCUT2D eigenvalue weighted by atomic mass is 10.2. The highest BCUT2D eigenvalue weighted by Gasteiger charge is 2.17. The number of likely N-dealkylation sites (N-methyl/N-ethyl adjacent to an activating group) is 1. The van der Waals surface area contributed by atoms with Crippen LogP contribution in [0.3, 0.4) is 0 Å². The van der Waals surface area contributed by atoms with Gasteiger partial charge in [0.25, 0.3) is 0 Å². The summed E-state index contributed by atoms with van der Waals surface area (Å²) in [6, 6.07) is 11.9. The summed E-state index contributed by atoms with van der Waals surface area (Å²) in [7, 11) is 2.16. The Labute approximate surface area is 172 Å². The quantitative estimate of drug-likeness (QED) is 0.576. The van der Waals surface area contributed by atoms with Gasteiger partial charge in [0, 0.05) is 56.1 Å². The molecule has 7 heteroatoms. The molecule has 6 nitrogen and oxygen atoms in total. The van der Waals surface area contributed by atoms with Gasteiger partial charge in [0.1, 0.15) is 5.82 Å². The Morgan fingerprint density at radius 3 is 2.71 bits per heavy atom. The Morgan fingerprint density at radius 1 is 1.14 bits per heavy atom. The van der Waals surface area contributed by atoms with Crippen LogP contribution in [-0.2, 0) is 13.1 Å². The molecule has 1 aromatic heterocycles. The molecule has 1 aromatic carbocycles. The molecule has 1 aliphatic heterocycles. The topological polar surface area (TPSA) is 55.8 Å². The predicted octanol–water partition coefficient (Wildman–Crippen LogP) is 2.74. The lowest BCUT2D eigenvalue weighted by Crippen LogP contribution is -2.45. The van der Waals surface area contributed by atoms with E-state index in [1.165, 1.54) is 5.56 Å². The Bertz CT molecular complexity index is 786. The van der Waals surface area contributed by atoms with Crippen molar-refractivity contribution in [2.45, 2.75) is 20.0 Å². The maximum atomic E-state index is 6.07. The van der Waals surface area contributed by atoms with E-state index in [4.69, 9.17) is 11.6 Å². The summed E-state index contributed by atoms with van der Waals surface area (Å²) in [6.45, 7) is 8.26. The molecule has 0 aliphatic carbocycles. The predicted molar refractivity (Wildman–Crippen MR) is 117 cm³/mol. The number of nitrogens with zero attached hydrogens (tertiary/aromatic N) is 4. The van der Waals surface area contributed by atoms with Gasteiger partial charge < -0.3 is 20.4 Å². The zero-order chi connectivity index (χ0) is 19.8. The van der Waals surface area contributed by atoms with Gasteiger partial charge >= 0.3 is 0 Å². The lowest BCUT2D eigenvalue weighted by Gasteiger charge is -2.34. The van der Waals surface area contributed by atoms with E-state index in [0.717, 1.165) is 55.1 Å². The standard InChI is InChI=1S/C21H29ClN6/c1-3-23-21(25-15-17-6-4-8-19(22)14-17)26-16-18-7-5-9-24-20(18)28-12-10-27(2)11-13-28/h4-9,14H,3,10-13,15-16H2,1-2H3,(H2,23,25,26). The molecule has 1 aliphatic rings. The normalized spacial score (nSPS) is 15.5. The van der Waals surface area contributed by atoms with E-state index < -0.39 is 0 Å². The van der Waals surface area contributed by atoms with Crippen molar-refractivity contribution in [2.75, 3.05) is 44.7 Å². The van der Waals surface area contributed by atoms with E-state index in [1.807, 2.05) is 36.5 Å². The van der Waals surface area contributed by atoms with Gasteiger partial charge in [0.15, 0.2) is 5.96 Å². The largest absolute Gasteiger partial charge is 0.357 e. The lowest BCUT2D eigenvalue weighted by molar-refractivity contribution is 0.312. The van der Waals surface area contributed by atoms with Crippen molar-refractivity contribution in [3.8, 4) is 0 Å². The molecule has 150 valence electrons. The fourth-order valence-corrected chi connectivity index (χ4v) is 3.41. The number of guanidine groups is 1. The first-order valence-corrected chi connectivity index (χ1v) is 10.2. The summed E-state index contributed by atoms with van der Waals surface area (Å²) in [5.74, 6) is 1.85. The van der Waals surface area contributed by atoms with Crippen LogP contribution in [0.5, 0.6) is 0 Å². The molecular weight excluding hydrogens is 372 g/mol. The van der Waals surface area contributed by atoms with E-state index in [2.05, 4.69) is 50.4 Å². The molecular formula is C21H29ClN6. The van der Waals surface area contributed by atoms with E-state index in [0.29, 0.717) is 13.1 Å². The van der Waals surface area contributed by atoms with E-state index in [-0.39, 0.29) is 0 Å². The van der Waals surface area contributed by atoms with Gasteiger partial charge in [-0.3, -0.25) is 0 Å². The SMILES string of the molecule is CCNC(=NCc1cccc(Cl)c1)NCc1cccnc1N1CCN(C)CC1. The number of hydrogen-bond donors (Lipinski definition) is 2. The summed E-state index contributed by atoms with van der Waals surface area (Å²) in [5, 5.41) is 7.48. The van der Waals surface area contributed by atoms with Gasteiger partial charge in [0.2, 0.25) is 0 Å². The fraction of sp³-hybridized carbons (Fsp3) is 0.429. The molecule has 2 aromatic rings. The van der Waals surface area contributed by atoms with Gasteiger partial charge in [0.05, 0.1) is 6.54 Å². The highest BCUT2D eigenvalue weighted by Crippen LogP contribution is 2.18. The van der Waals surface area contributed by atoms with Gasteiger partial charge in [-0.05, 0) is 37.7 Å². The molecule has 1 fully saturated rings. The van der Waals surface area contributed by atoms with Crippen molar-refractivity contribution in [3.63, 3.8) is 0 Å². The van der Waals surface area contributed by atoms with Crippen LogP contribution in [0, 0.1) is 0 Å². The number of benzene rings is 1. The third-order valence-corrected chi connectivity index (χ3v) is 5.00. The molecule has 3 rings (SSSR count). The zero-order valence-corrected chi connectivity index (χ0v) is 17.4. The highest BCUT2D eigenvalue weighted by atomic mass is 35.5. The highest BCUT2D eigenvalue weighted by molar-refractivity contribution is 6.30. The number of aliphatic imine (C=N–C) groups is 1. The van der Waals surface area contributed by atoms with Gasteiger partial charge in [-0.1, -0.05) is 29.8 Å². The van der Waals surface area contributed by atoms with Crippen molar-refractivity contribution < 1.29 is 0 Å². The van der Waals surface area contributed by atoms with Crippen LogP contribution >= 0.6 is 11.6 Å². The fourth-order valence-electron chi connectivity index (χ4n) is 3.20. The van der Waals surface area contributed by atoms with Crippen LogP contribution in [0.25, 0.3) is 0 Å². The maximum absolute atomic E-state index is 6.07. The van der Waals surface area contributed by atoms with E-state index in [9.17, 15) is 0 Å². The second-order valence-electron chi connectivity index (χ2n) is 6.96. The Balaban J connectivity index is 1.66. The number of nitrogens with one attached hydrogen (secondary N) is 2. The van der Waals surface area contributed by atoms with Gasteiger partial charge in [-0.25, -0.2) is 9.98 Å². The van der Waals surface area contributed by atoms with Gasteiger partial charge in [-0.2, -0.15) is 0 Å². The number of aromatic nitrogens is 1. The Hall–Kier alpha value is -2.31. The second-order valence-corrected chi connectivity index (χ2v) is 7.39. The van der Waals surface area contributed by atoms with Crippen LogP contribution in [0.1, 0.15) is 18.1 Å². The molecule has 0 atom stereocenters. The number of hydrogen-bond acceptors (Lipinski definition) is 4. The van der Waals surface area contributed by atoms with Crippen molar-refractivity contribution in [1.82, 2.24) is 20.5 Å². The molecule has 0 unspecified atom stereocenters. The van der Waals surface area contributed by atoms with Crippen LogP contribution in [-0.4, -0.2) is 55.6 Å².